The second-order valence-corrected chi connectivity index (χ2v) is 9.49. The number of hydrogen-bond donors (Lipinski definition) is 0. The van der Waals surface area contributed by atoms with Gasteiger partial charge in [-0.3, -0.25) is 9.69 Å². The van der Waals surface area contributed by atoms with E-state index >= 15 is 0 Å². The van der Waals surface area contributed by atoms with E-state index in [0.717, 1.165) is 18.1 Å². The van der Waals surface area contributed by atoms with Crippen molar-refractivity contribution in [2.45, 2.75) is 24.8 Å². The van der Waals surface area contributed by atoms with E-state index in [0.29, 0.717) is 24.3 Å². The molecule has 0 bridgehead atoms. The van der Waals surface area contributed by atoms with Gasteiger partial charge in [0.05, 0.1) is 16.6 Å². The molecule has 8 heteroatoms. The van der Waals surface area contributed by atoms with Gasteiger partial charge in [-0.1, -0.05) is 0 Å². The van der Waals surface area contributed by atoms with E-state index in [1.807, 2.05) is 11.6 Å². The number of ketones is 1. The number of rotatable bonds is 5. The molecule has 0 aliphatic carbocycles. The largest absolute Gasteiger partial charge is 0.368 e. The molecule has 1 saturated heterocycles. The van der Waals surface area contributed by atoms with E-state index in [4.69, 9.17) is 0 Å². The number of piperazine rings is 1. The number of sulfone groups is 1. The van der Waals surface area contributed by atoms with Crippen LogP contribution in [0, 0.1) is 0 Å². The summed E-state index contributed by atoms with van der Waals surface area (Å²) in [6, 6.07) is 5.09. The minimum Gasteiger partial charge on any atom is -0.368 e. The van der Waals surface area contributed by atoms with Crippen molar-refractivity contribution in [1.29, 1.82) is 0 Å². The van der Waals surface area contributed by atoms with E-state index in [1.54, 1.807) is 29.5 Å². The summed E-state index contributed by atoms with van der Waals surface area (Å²) in [6.07, 6.45) is 3.03. The number of benzene rings is 1. The van der Waals surface area contributed by atoms with Crippen molar-refractivity contribution in [2.75, 3.05) is 37.3 Å². The molecule has 1 atom stereocenters. The first kappa shape index (κ1) is 19.0. The van der Waals surface area contributed by atoms with Crippen LogP contribution in [0.3, 0.4) is 0 Å². The Hall–Kier alpha value is -1.77. The van der Waals surface area contributed by atoms with E-state index < -0.39 is 9.84 Å². The summed E-state index contributed by atoms with van der Waals surface area (Å²) < 4.78 is 24.4. The zero-order valence-electron chi connectivity index (χ0n) is 15.2. The van der Waals surface area contributed by atoms with Gasteiger partial charge in [-0.05, 0) is 32.0 Å². The number of nitrogens with zero attached hydrogens (tertiary/aromatic N) is 3. The van der Waals surface area contributed by atoms with Crippen molar-refractivity contribution < 1.29 is 13.2 Å². The van der Waals surface area contributed by atoms with Crippen LogP contribution >= 0.6 is 11.3 Å². The quantitative estimate of drug-likeness (QED) is 0.728. The molecule has 0 radical (unpaired) electrons. The number of aromatic nitrogens is 1. The molecular formula is C18H23N3O3S2. The zero-order valence-corrected chi connectivity index (χ0v) is 16.8. The standard InChI is InChI=1S/C18H23N3O3S2/c1-13(18-19-6-11-25-18)20-7-9-21(10-8-20)16-12-15(14(2)22)4-5-17(16)26(3,23)24/h4-6,11-13H,7-10H2,1-3H3. The Balaban J connectivity index is 1.82. The smallest absolute Gasteiger partial charge is 0.177 e. The molecule has 1 aliphatic rings. The summed E-state index contributed by atoms with van der Waals surface area (Å²) in [4.78, 5) is 20.8. The maximum atomic E-state index is 12.2. The Labute approximate surface area is 158 Å². The van der Waals surface area contributed by atoms with Crippen LogP contribution in [0.15, 0.2) is 34.7 Å². The van der Waals surface area contributed by atoms with Crippen molar-refractivity contribution in [3.05, 3.63) is 40.3 Å². The Bertz CT molecular complexity index is 886. The Morgan fingerprint density at radius 3 is 2.46 bits per heavy atom. The topological polar surface area (TPSA) is 70.6 Å². The first-order chi connectivity index (χ1) is 12.3. The van der Waals surface area contributed by atoms with Gasteiger partial charge >= 0.3 is 0 Å². The Morgan fingerprint density at radius 2 is 1.92 bits per heavy atom. The SMILES string of the molecule is CC(=O)c1ccc(S(C)(=O)=O)c(N2CCN(C(C)c3nccs3)CC2)c1. The third-order valence-corrected chi connectivity index (χ3v) is 6.87. The molecule has 1 fully saturated rings. The highest BCUT2D eigenvalue weighted by Gasteiger charge is 2.26. The number of carbonyl (C=O) groups is 1. The maximum absolute atomic E-state index is 12.2. The minimum absolute atomic E-state index is 0.0673. The molecule has 2 heterocycles. The van der Waals surface area contributed by atoms with Gasteiger partial charge in [0.1, 0.15) is 5.01 Å². The average molecular weight is 394 g/mol. The van der Waals surface area contributed by atoms with Gasteiger partial charge in [-0.15, -0.1) is 11.3 Å². The molecule has 1 aromatic heterocycles. The van der Waals surface area contributed by atoms with Crippen molar-refractivity contribution in [3.63, 3.8) is 0 Å². The van der Waals surface area contributed by atoms with Crippen molar-refractivity contribution in [2.24, 2.45) is 0 Å². The van der Waals surface area contributed by atoms with Gasteiger partial charge in [-0.2, -0.15) is 0 Å². The third-order valence-electron chi connectivity index (χ3n) is 4.78. The predicted octanol–water partition coefficient (Wildman–Crippen LogP) is 2.63. The van der Waals surface area contributed by atoms with Gasteiger partial charge < -0.3 is 4.90 Å². The average Bonchev–Trinajstić information content (AvgIpc) is 3.14. The molecule has 26 heavy (non-hydrogen) atoms. The van der Waals surface area contributed by atoms with Gasteiger partial charge in [0, 0.05) is 49.6 Å². The molecule has 2 aromatic rings. The van der Waals surface area contributed by atoms with E-state index in [1.165, 1.54) is 13.2 Å². The van der Waals surface area contributed by atoms with Crippen molar-refractivity contribution >= 4 is 32.6 Å². The molecule has 0 spiro atoms. The number of anilines is 1. The molecular weight excluding hydrogens is 370 g/mol. The lowest BCUT2D eigenvalue weighted by Gasteiger charge is -2.39. The molecule has 140 valence electrons. The molecule has 3 rings (SSSR count). The highest BCUT2D eigenvalue weighted by molar-refractivity contribution is 7.90. The lowest BCUT2D eigenvalue weighted by atomic mass is 10.1. The van der Waals surface area contributed by atoms with Crippen LogP contribution in [-0.4, -0.2) is 56.5 Å². The van der Waals surface area contributed by atoms with Crippen LogP contribution in [-0.2, 0) is 9.84 Å². The highest BCUT2D eigenvalue weighted by atomic mass is 32.2. The van der Waals surface area contributed by atoms with Crippen molar-refractivity contribution in [3.8, 4) is 0 Å². The molecule has 6 nitrogen and oxygen atoms in total. The molecule has 1 aliphatic heterocycles. The van der Waals surface area contributed by atoms with Gasteiger partial charge in [0.15, 0.2) is 15.6 Å². The van der Waals surface area contributed by atoms with Crippen LogP contribution in [0.4, 0.5) is 5.69 Å². The summed E-state index contributed by atoms with van der Waals surface area (Å²) in [5.74, 6) is -0.0673. The van der Waals surface area contributed by atoms with Gasteiger partial charge in [0.25, 0.3) is 0 Å². The minimum atomic E-state index is -3.37. The summed E-state index contributed by atoms with van der Waals surface area (Å²) in [6.45, 7) is 6.68. The van der Waals surface area contributed by atoms with Crippen LogP contribution in [0.2, 0.25) is 0 Å². The summed E-state index contributed by atoms with van der Waals surface area (Å²) >= 11 is 1.65. The normalized spacial score (nSPS) is 17.3. The number of hydrogen-bond acceptors (Lipinski definition) is 7. The fourth-order valence-electron chi connectivity index (χ4n) is 3.24. The fraction of sp³-hybridized carbons (Fsp3) is 0.444. The first-order valence-corrected chi connectivity index (χ1v) is 11.3. The van der Waals surface area contributed by atoms with E-state index in [2.05, 4.69) is 21.7 Å². The number of thiazole rings is 1. The second-order valence-electron chi connectivity index (χ2n) is 6.58. The lowest BCUT2D eigenvalue weighted by molar-refractivity contribution is 0.101. The van der Waals surface area contributed by atoms with Crippen LogP contribution in [0.5, 0.6) is 0 Å². The monoisotopic (exact) mass is 393 g/mol. The summed E-state index contributed by atoms with van der Waals surface area (Å²) in [5, 5.41) is 3.07. The fourth-order valence-corrected chi connectivity index (χ4v) is 4.86. The Kier molecular flexibility index (Phi) is 5.45. The highest BCUT2D eigenvalue weighted by Crippen LogP contribution is 2.30. The van der Waals surface area contributed by atoms with Gasteiger partial charge in [-0.25, -0.2) is 13.4 Å². The number of carbonyl (C=O) groups excluding carboxylic acids is 1. The molecule has 1 unspecified atom stereocenters. The molecule has 0 saturated carbocycles. The van der Waals surface area contributed by atoms with Crippen LogP contribution in [0.25, 0.3) is 0 Å². The van der Waals surface area contributed by atoms with E-state index in [-0.39, 0.29) is 16.7 Å². The molecule has 0 amide bonds. The number of Topliss-reactive ketones (excluding diaryl/α,β-unsaturated/α-hetero) is 1. The second kappa shape index (κ2) is 7.46. The molecule has 0 N–H and O–H groups in total. The molecule has 1 aromatic carbocycles. The Morgan fingerprint density at radius 1 is 1.23 bits per heavy atom. The summed E-state index contributed by atoms with van der Waals surface area (Å²) in [7, 11) is -3.37. The van der Waals surface area contributed by atoms with Crippen LogP contribution in [0.1, 0.15) is 35.3 Å². The maximum Gasteiger partial charge on any atom is 0.177 e. The lowest BCUT2D eigenvalue weighted by Crippen LogP contribution is -2.47. The predicted molar refractivity (Wildman–Crippen MR) is 104 cm³/mol. The van der Waals surface area contributed by atoms with Crippen LogP contribution < -0.4 is 4.90 Å². The van der Waals surface area contributed by atoms with Gasteiger partial charge in [0.2, 0.25) is 0 Å². The van der Waals surface area contributed by atoms with E-state index in [9.17, 15) is 13.2 Å². The zero-order chi connectivity index (χ0) is 18.9. The van der Waals surface area contributed by atoms with Crippen molar-refractivity contribution in [1.82, 2.24) is 9.88 Å². The summed E-state index contributed by atoms with van der Waals surface area (Å²) in [5.41, 5.74) is 1.16. The third kappa shape index (κ3) is 3.97. The first-order valence-electron chi connectivity index (χ1n) is 8.51.